The number of hydrogen-bond acceptors (Lipinski definition) is 4. The van der Waals surface area contributed by atoms with Gasteiger partial charge in [0.25, 0.3) is 0 Å². The SMILES string of the molecule is CC1(C)c2ccccc2-c2c1ccc1c2oc2c(N(c3ccc(C4=C5Sc6ccccc6C5CC=C4)cc3)c3ccc(-c4cccc5c4sc4ccccc45)cc3)cccc21. The molecule has 0 spiro atoms. The maximum atomic E-state index is 7.21. The first-order valence-electron chi connectivity index (χ1n) is 21.2. The van der Waals surface area contributed by atoms with E-state index >= 15 is 0 Å². The van der Waals surface area contributed by atoms with Gasteiger partial charge in [-0.05, 0) is 93.4 Å². The standard InChI is InChI=1S/C57H39NOS2/c1-57(2)47-20-6-3-14-46(47)52-48(57)33-32-43-42-17-11-21-49(53(42)59-54(43)52)58(36-28-24-34(25-29-36)38-15-9-18-44-40-12-4-7-22-50(40)60-55(38)44)37-30-26-35(27-31-37)39-16-10-19-45-41-13-5-8-23-51(41)61-56(39)45/h3-18,20-33,45H,19H2,1-2H3. The quantitative estimate of drug-likeness (QED) is 0.172. The van der Waals surface area contributed by atoms with Crippen LogP contribution in [0.2, 0.25) is 0 Å². The molecule has 1 aliphatic heterocycles. The van der Waals surface area contributed by atoms with Gasteiger partial charge < -0.3 is 9.32 Å². The summed E-state index contributed by atoms with van der Waals surface area (Å²) in [5.41, 5.74) is 16.5. The highest BCUT2D eigenvalue weighted by Crippen LogP contribution is 2.56. The molecular weight excluding hydrogens is 779 g/mol. The second kappa shape index (κ2) is 13.2. The molecule has 2 aromatic heterocycles. The van der Waals surface area contributed by atoms with Crippen LogP contribution in [0, 0.1) is 0 Å². The van der Waals surface area contributed by atoms with E-state index in [9.17, 15) is 0 Å². The largest absolute Gasteiger partial charge is 0.453 e. The highest BCUT2D eigenvalue weighted by Gasteiger charge is 2.38. The predicted molar refractivity (Wildman–Crippen MR) is 260 cm³/mol. The molecule has 8 aromatic carbocycles. The predicted octanol–water partition coefficient (Wildman–Crippen LogP) is 17.0. The second-order valence-electron chi connectivity index (χ2n) is 17.1. The number of benzene rings is 8. The molecule has 10 aromatic rings. The molecule has 290 valence electrons. The molecular formula is C57H39NOS2. The smallest absolute Gasteiger partial charge is 0.159 e. The van der Waals surface area contributed by atoms with Gasteiger partial charge >= 0.3 is 0 Å². The van der Waals surface area contributed by atoms with Gasteiger partial charge in [-0.3, -0.25) is 0 Å². The molecule has 2 nitrogen and oxygen atoms in total. The fourth-order valence-electron chi connectivity index (χ4n) is 10.5. The minimum Gasteiger partial charge on any atom is -0.453 e. The number of para-hydroxylation sites is 1. The molecule has 2 aliphatic carbocycles. The monoisotopic (exact) mass is 817 g/mol. The molecule has 1 unspecified atom stereocenters. The van der Waals surface area contributed by atoms with E-state index in [2.05, 4.69) is 201 Å². The van der Waals surface area contributed by atoms with Crippen LogP contribution in [0.25, 0.3) is 69.9 Å². The van der Waals surface area contributed by atoms with Crippen LogP contribution in [-0.2, 0) is 5.41 Å². The van der Waals surface area contributed by atoms with Gasteiger partial charge in [0.2, 0.25) is 0 Å². The number of fused-ring (bicyclic) bond motifs is 13. The maximum Gasteiger partial charge on any atom is 0.159 e. The Morgan fingerprint density at radius 2 is 1.26 bits per heavy atom. The van der Waals surface area contributed by atoms with Gasteiger partial charge in [0.05, 0.1) is 5.69 Å². The molecule has 0 saturated carbocycles. The maximum absolute atomic E-state index is 7.21. The first-order valence-corrected chi connectivity index (χ1v) is 22.8. The zero-order valence-electron chi connectivity index (χ0n) is 33.8. The highest BCUT2D eigenvalue weighted by molar-refractivity contribution is 8.03. The van der Waals surface area contributed by atoms with Crippen LogP contribution in [0.5, 0.6) is 0 Å². The number of furan rings is 1. The Hall–Kier alpha value is -6.59. The van der Waals surface area contributed by atoms with Gasteiger partial charge in [0, 0.05) is 69.0 Å². The summed E-state index contributed by atoms with van der Waals surface area (Å²) in [7, 11) is 0. The summed E-state index contributed by atoms with van der Waals surface area (Å²) in [6.45, 7) is 4.66. The number of rotatable bonds is 5. The van der Waals surface area contributed by atoms with Crippen LogP contribution in [-0.4, -0.2) is 0 Å². The molecule has 0 saturated heterocycles. The molecule has 0 fully saturated rings. The molecule has 3 heterocycles. The Kier molecular flexibility index (Phi) is 7.62. The molecule has 0 radical (unpaired) electrons. The van der Waals surface area contributed by atoms with Crippen molar-refractivity contribution in [3.8, 4) is 22.3 Å². The average molecular weight is 818 g/mol. The number of hydrogen-bond donors (Lipinski definition) is 0. The first kappa shape index (κ1) is 35.2. The third-order valence-corrected chi connectivity index (χ3v) is 16.0. The Morgan fingerprint density at radius 1 is 0.574 bits per heavy atom. The lowest BCUT2D eigenvalue weighted by atomic mass is 9.82. The third-order valence-electron chi connectivity index (χ3n) is 13.5. The van der Waals surface area contributed by atoms with Crippen molar-refractivity contribution in [3.63, 3.8) is 0 Å². The van der Waals surface area contributed by atoms with Crippen molar-refractivity contribution in [1.82, 2.24) is 0 Å². The molecule has 3 aliphatic rings. The molecule has 0 N–H and O–H groups in total. The molecule has 0 amide bonds. The third kappa shape index (κ3) is 5.16. The molecule has 13 rings (SSSR count). The van der Waals surface area contributed by atoms with Gasteiger partial charge in [0.15, 0.2) is 5.58 Å². The zero-order valence-corrected chi connectivity index (χ0v) is 35.4. The van der Waals surface area contributed by atoms with Crippen LogP contribution < -0.4 is 4.90 Å². The summed E-state index contributed by atoms with van der Waals surface area (Å²) in [6.07, 6.45) is 5.74. The lowest BCUT2D eigenvalue weighted by molar-refractivity contribution is 0.653. The van der Waals surface area contributed by atoms with E-state index in [1.165, 1.54) is 80.1 Å². The van der Waals surface area contributed by atoms with Crippen LogP contribution in [0.4, 0.5) is 17.1 Å². The van der Waals surface area contributed by atoms with Crippen molar-refractivity contribution in [1.29, 1.82) is 0 Å². The topological polar surface area (TPSA) is 16.4 Å². The van der Waals surface area contributed by atoms with Crippen molar-refractivity contribution in [2.45, 2.75) is 36.5 Å². The Morgan fingerprint density at radius 3 is 2.13 bits per heavy atom. The average Bonchev–Trinajstić information content (AvgIpc) is 4.06. The molecule has 0 bridgehead atoms. The normalized spacial score (nSPS) is 16.1. The van der Waals surface area contributed by atoms with Gasteiger partial charge in [-0.2, -0.15) is 0 Å². The molecule has 61 heavy (non-hydrogen) atoms. The zero-order chi connectivity index (χ0) is 40.4. The molecule has 4 heteroatoms. The van der Waals surface area contributed by atoms with Gasteiger partial charge in [0.1, 0.15) is 5.58 Å². The summed E-state index contributed by atoms with van der Waals surface area (Å²) in [4.78, 5) is 5.23. The van der Waals surface area contributed by atoms with Crippen LogP contribution >= 0.6 is 23.1 Å². The van der Waals surface area contributed by atoms with Crippen molar-refractivity contribution in [3.05, 3.63) is 209 Å². The lowest BCUT2D eigenvalue weighted by Crippen LogP contribution is -2.14. The van der Waals surface area contributed by atoms with Gasteiger partial charge in [-0.15, -0.1) is 11.3 Å². The van der Waals surface area contributed by atoms with E-state index in [4.69, 9.17) is 4.42 Å². The minimum absolute atomic E-state index is 0.110. The van der Waals surface area contributed by atoms with Crippen LogP contribution in [0.3, 0.4) is 0 Å². The summed E-state index contributed by atoms with van der Waals surface area (Å²) in [5, 5.41) is 4.90. The lowest BCUT2D eigenvalue weighted by Gasteiger charge is -2.26. The molecule has 1 atom stereocenters. The van der Waals surface area contributed by atoms with E-state index in [0.29, 0.717) is 5.92 Å². The fourth-order valence-corrected chi connectivity index (χ4v) is 13.1. The van der Waals surface area contributed by atoms with Crippen molar-refractivity contribution in [2.24, 2.45) is 0 Å². The van der Waals surface area contributed by atoms with E-state index in [0.717, 1.165) is 45.4 Å². The van der Waals surface area contributed by atoms with Gasteiger partial charge in [-0.1, -0.05) is 165 Å². The fraction of sp³-hybridized carbons (Fsp3) is 0.0877. The van der Waals surface area contributed by atoms with Crippen LogP contribution in [0.1, 0.15) is 48.4 Å². The number of thiophene rings is 1. The second-order valence-corrected chi connectivity index (χ2v) is 19.2. The highest BCUT2D eigenvalue weighted by atomic mass is 32.2. The van der Waals surface area contributed by atoms with Crippen molar-refractivity contribution in [2.75, 3.05) is 4.90 Å². The van der Waals surface area contributed by atoms with Crippen LogP contribution in [0.15, 0.2) is 196 Å². The van der Waals surface area contributed by atoms with E-state index in [1.54, 1.807) is 0 Å². The number of allylic oxidation sites excluding steroid dienone is 4. The Bertz CT molecular complexity index is 3510. The number of thioether (sulfide) groups is 1. The number of nitrogens with zero attached hydrogens (tertiary/aromatic N) is 1. The number of anilines is 3. The summed E-state index contributed by atoms with van der Waals surface area (Å²) >= 11 is 3.82. The Balaban J connectivity index is 0.974. The minimum atomic E-state index is -0.110. The summed E-state index contributed by atoms with van der Waals surface area (Å²) in [6, 6.07) is 62.7. The van der Waals surface area contributed by atoms with Gasteiger partial charge in [-0.25, -0.2) is 0 Å². The van der Waals surface area contributed by atoms with Crippen molar-refractivity contribution < 1.29 is 4.42 Å². The summed E-state index contributed by atoms with van der Waals surface area (Å²) < 4.78 is 9.85. The first-order chi connectivity index (χ1) is 30.0. The summed E-state index contributed by atoms with van der Waals surface area (Å²) in [5.74, 6) is 0.430. The van der Waals surface area contributed by atoms with E-state index < -0.39 is 0 Å². The van der Waals surface area contributed by atoms with Crippen molar-refractivity contribution >= 4 is 87.8 Å². The Labute approximate surface area is 363 Å². The van der Waals surface area contributed by atoms with E-state index in [-0.39, 0.29) is 5.41 Å². The van der Waals surface area contributed by atoms with E-state index in [1.807, 2.05) is 23.1 Å².